The molecule has 3 aromatic rings. The van der Waals surface area contributed by atoms with Gasteiger partial charge in [-0.15, -0.1) is 0 Å². The van der Waals surface area contributed by atoms with E-state index >= 15 is 0 Å². The quantitative estimate of drug-likeness (QED) is 0.278. The number of sulfonamides is 1. The van der Waals surface area contributed by atoms with Gasteiger partial charge in [0.1, 0.15) is 0 Å². The van der Waals surface area contributed by atoms with Crippen LogP contribution in [0.1, 0.15) is 40.1 Å². The molecule has 4 rings (SSSR count). The Labute approximate surface area is 226 Å². The minimum atomic E-state index is -3.98. The second-order valence-corrected chi connectivity index (χ2v) is 12.0. The van der Waals surface area contributed by atoms with Crippen LogP contribution in [-0.2, 0) is 16.4 Å². The third kappa shape index (κ3) is 5.87. The Balaban J connectivity index is 1.55. The molecular formula is C28H32N3O5PS. The number of amides is 2. The van der Waals surface area contributed by atoms with E-state index in [0.29, 0.717) is 23.2 Å². The number of aliphatic hydroxyl groups excluding tert-OH is 1. The maximum absolute atomic E-state index is 13.7. The lowest BCUT2D eigenvalue weighted by molar-refractivity contribution is 0.0926. The number of carbonyl (C=O) groups excluding carboxylic acids is 2. The molecule has 10 heteroatoms. The van der Waals surface area contributed by atoms with Gasteiger partial charge in [-0.1, -0.05) is 65.7 Å². The van der Waals surface area contributed by atoms with Crippen LogP contribution < -0.4 is 9.99 Å². The van der Waals surface area contributed by atoms with E-state index in [9.17, 15) is 23.1 Å². The second-order valence-electron chi connectivity index (χ2n) is 9.73. The molecule has 200 valence electrons. The molecule has 1 aliphatic heterocycles. The summed E-state index contributed by atoms with van der Waals surface area (Å²) in [7, 11) is -1.57. The predicted octanol–water partition coefficient (Wildman–Crippen LogP) is 3.49. The van der Waals surface area contributed by atoms with E-state index in [2.05, 4.69) is 14.5 Å². The average molecular weight is 554 g/mol. The summed E-state index contributed by atoms with van der Waals surface area (Å²) in [5.41, 5.74) is 1.95. The first kappa shape index (κ1) is 28.1. The van der Waals surface area contributed by atoms with E-state index in [-0.39, 0.29) is 29.9 Å². The highest BCUT2D eigenvalue weighted by molar-refractivity contribution is 7.89. The minimum Gasteiger partial charge on any atom is -0.390 e. The number of aliphatic hydroxyl groups is 1. The summed E-state index contributed by atoms with van der Waals surface area (Å²) in [5, 5.41) is 14.1. The van der Waals surface area contributed by atoms with Crippen LogP contribution in [0.2, 0.25) is 0 Å². The molecule has 0 radical (unpaired) electrons. The summed E-state index contributed by atoms with van der Waals surface area (Å²) in [6.07, 6.45) is -0.449. The summed E-state index contributed by atoms with van der Waals surface area (Å²) >= 11 is 0. The second kappa shape index (κ2) is 11.8. The molecule has 8 nitrogen and oxygen atoms in total. The number of rotatable bonds is 11. The summed E-state index contributed by atoms with van der Waals surface area (Å²) < 4.78 is 28.6. The number of benzene rings is 3. The number of nitrogens with one attached hydrogen (secondary N) is 1. The molecule has 0 saturated heterocycles. The number of hydrogen-bond donors (Lipinski definition) is 2. The lowest BCUT2D eigenvalue weighted by atomic mass is 10.0. The molecule has 0 spiro atoms. The smallest absolute Gasteiger partial charge is 0.266 e. The number of hydrogen-bond acceptors (Lipinski definition) is 6. The van der Waals surface area contributed by atoms with Crippen LogP contribution in [0.5, 0.6) is 0 Å². The molecule has 2 amide bonds. The maximum Gasteiger partial charge on any atom is 0.266 e. The molecule has 0 bridgehead atoms. The lowest BCUT2D eigenvalue weighted by Gasteiger charge is -2.30. The molecule has 38 heavy (non-hydrogen) atoms. The van der Waals surface area contributed by atoms with Gasteiger partial charge in [0.05, 0.1) is 27.8 Å². The van der Waals surface area contributed by atoms with Crippen molar-refractivity contribution in [3.8, 4) is 0 Å². The zero-order chi connectivity index (χ0) is 27.4. The SMILES string of the molecule is CC(C)CN(C[C@@H](O)C(Cc1ccccc1)NP)S(=O)(=O)c1ccc(N2C(=O)c3ccccc3C2=O)cc1. The third-order valence-corrected chi connectivity index (χ3v) is 8.74. The highest BCUT2D eigenvalue weighted by Crippen LogP contribution is 2.29. The van der Waals surface area contributed by atoms with Gasteiger partial charge in [-0.25, -0.2) is 13.3 Å². The van der Waals surface area contributed by atoms with Crippen LogP contribution in [0.15, 0.2) is 83.8 Å². The van der Waals surface area contributed by atoms with Gasteiger partial charge >= 0.3 is 0 Å². The Morgan fingerprint density at radius 2 is 1.42 bits per heavy atom. The van der Waals surface area contributed by atoms with Crippen molar-refractivity contribution in [1.82, 2.24) is 9.39 Å². The first-order valence-corrected chi connectivity index (χ1v) is 14.4. The van der Waals surface area contributed by atoms with Crippen molar-refractivity contribution in [2.45, 2.75) is 37.3 Å². The van der Waals surface area contributed by atoms with E-state index < -0.39 is 27.9 Å². The van der Waals surface area contributed by atoms with Crippen LogP contribution in [0, 0.1) is 5.92 Å². The fraction of sp³-hybridized carbons (Fsp3) is 0.286. The topological polar surface area (TPSA) is 107 Å². The summed E-state index contributed by atoms with van der Waals surface area (Å²) in [4.78, 5) is 26.7. The molecule has 0 fully saturated rings. The Hall–Kier alpha value is -2.94. The van der Waals surface area contributed by atoms with Crippen LogP contribution in [0.25, 0.3) is 0 Å². The number of fused-ring (bicyclic) bond motifs is 1. The minimum absolute atomic E-state index is 0.0177. The van der Waals surface area contributed by atoms with Gasteiger partial charge in [0.25, 0.3) is 11.8 Å². The molecule has 1 heterocycles. The van der Waals surface area contributed by atoms with Crippen LogP contribution in [0.3, 0.4) is 0 Å². The van der Waals surface area contributed by atoms with E-state index in [1.165, 1.54) is 28.6 Å². The molecule has 3 atom stereocenters. The summed E-state index contributed by atoms with van der Waals surface area (Å²) in [6.45, 7) is 3.94. The molecule has 0 aliphatic carbocycles. The van der Waals surface area contributed by atoms with Gasteiger partial charge in [0.15, 0.2) is 0 Å². The summed E-state index contributed by atoms with van der Waals surface area (Å²) in [6, 6.07) is 21.6. The molecule has 3 aromatic carbocycles. The number of nitrogens with zero attached hydrogens (tertiary/aromatic N) is 2. The fourth-order valence-corrected chi connectivity index (χ4v) is 6.49. The number of carbonyl (C=O) groups is 2. The van der Waals surface area contributed by atoms with Gasteiger partial charge in [0, 0.05) is 19.1 Å². The third-order valence-electron chi connectivity index (χ3n) is 6.46. The molecular weight excluding hydrogens is 521 g/mol. The lowest BCUT2D eigenvalue weighted by Crippen LogP contribution is -2.47. The van der Waals surface area contributed by atoms with E-state index in [1.54, 1.807) is 24.3 Å². The first-order chi connectivity index (χ1) is 18.1. The molecule has 0 aromatic heterocycles. The highest BCUT2D eigenvalue weighted by Gasteiger charge is 2.37. The van der Waals surface area contributed by atoms with Gasteiger partial charge in [-0.05, 0) is 54.3 Å². The van der Waals surface area contributed by atoms with E-state index in [1.807, 2.05) is 44.2 Å². The standard InChI is InChI=1S/C28H32N3O5PS/c1-19(2)17-30(18-26(32)25(29-37)16-20-8-4-3-5-9-20)38(35,36)22-14-12-21(13-15-22)31-27(33)23-10-6-7-11-24(23)28(31)34/h3-15,19,25-26,29,32H,16-18,37H2,1-2H3/t25?,26-/m1/s1. The van der Waals surface area contributed by atoms with Crippen molar-refractivity contribution in [3.05, 3.63) is 95.6 Å². The largest absolute Gasteiger partial charge is 0.390 e. The fourth-order valence-electron chi connectivity index (χ4n) is 4.53. The number of anilines is 1. The van der Waals surface area contributed by atoms with Crippen molar-refractivity contribution in [2.75, 3.05) is 18.0 Å². The van der Waals surface area contributed by atoms with Gasteiger partial charge in [-0.2, -0.15) is 4.31 Å². The van der Waals surface area contributed by atoms with Crippen molar-refractivity contribution < 1.29 is 23.1 Å². The Kier molecular flexibility index (Phi) is 8.75. The molecule has 0 saturated carbocycles. The maximum atomic E-state index is 13.7. The zero-order valence-electron chi connectivity index (χ0n) is 21.3. The van der Waals surface area contributed by atoms with Crippen molar-refractivity contribution in [1.29, 1.82) is 0 Å². The zero-order valence-corrected chi connectivity index (χ0v) is 23.3. The van der Waals surface area contributed by atoms with Gasteiger partial charge in [0.2, 0.25) is 10.0 Å². The average Bonchev–Trinajstić information content (AvgIpc) is 3.17. The molecule has 2 N–H and O–H groups in total. The van der Waals surface area contributed by atoms with Crippen LogP contribution in [-0.4, -0.2) is 54.9 Å². The predicted molar refractivity (Wildman–Crippen MR) is 150 cm³/mol. The Morgan fingerprint density at radius 1 is 0.868 bits per heavy atom. The van der Waals surface area contributed by atoms with Crippen LogP contribution in [0.4, 0.5) is 5.69 Å². The number of imide groups is 1. The normalized spacial score (nSPS) is 15.3. The molecule has 2 unspecified atom stereocenters. The summed E-state index contributed by atoms with van der Waals surface area (Å²) in [5.74, 6) is -0.869. The Bertz CT molecular complexity index is 1360. The van der Waals surface area contributed by atoms with E-state index in [4.69, 9.17) is 0 Å². The van der Waals surface area contributed by atoms with Crippen LogP contribution >= 0.6 is 9.39 Å². The highest BCUT2D eigenvalue weighted by atomic mass is 32.2. The first-order valence-electron chi connectivity index (χ1n) is 12.4. The Morgan fingerprint density at radius 3 is 1.95 bits per heavy atom. The van der Waals surface area contributed by atoms with E-state index in [0.717, 1.165) is 10.5 Å². The molecule has 1 aliphatic rings. The van der Waals surface area contributed by atoms with Crippen molar-refractivity contribution in [2.24, 2.45) is 5.92 Å². The van der Waals surface area contributed by atoms with Crippen molar-refractivity contribution >= 4 is 36.9 Å². The van der Waals surface area contributed by atoms with Gasteiger partial charge < -0.3 is 5.11 Å². The van der Waals surface area contributed by atoms with Crippen molar-refractivity contribution in [3.63, 3.8) is 0 Å². The van der Waals surface area contributed by atoms with Gasteiger partial charge in [-0.3, -0.25) is 14.7 Å². The monoisotopic (exact) mass is 553 g/mol.